The number of hydrogen-bond donors (Lipinski definition) is 2. The molecule has 0 radical (unpaired) electrons. The number of anilines is 2. The lowest BCUT2D eigenvalue weighted by atomic mass is 9.95. The maximum atomic E-state index is 12.6. The minimum atomic E-state index is -0.746. The van der Waals surface area contributed by atoms with Crippen molar-refractivity contribution in [2.75, 3.05) is 23.3 Å². The molecule has 1 aliphatic rings. The highest BCUT2D eigenvalue weighted by Crippen LogP contribution is 2.29. The lowest BCUT2D eigenvalue weighted by Gasteiger charge is -2.34. The van der Waals surface area contributed by atoms with E-state index in [9.17, 15) is 19.7 Å². The van der Waals surface area contributed by atoms with Gasteiger partial charge in [0.25, 0.3) is 11.6 Å². The molecular weight excluding hydrogens is 430 g/mol. The van der Waals surface area contributed by atoms with Gasteiger partial charge in [-0.1, -0.05) is 0 Å². The molecule has 146 valence electrons. The maximum Gasteiger partial charge on any atom is 0.270 e. The van der Waals surface area contributed by atoms with Crippen molar-refractivity contribution < 1.29 is 14.5 Å². The van der Waals surface area contributed by atoms with Crippen LogP contribution in [0, 0.1) is 16.0 Å². The van der Waals surface area contributed by atoms with Crippen molar-refractivity contribution in [3.63, 3.8) is 0 Å². The smallest absolute Gasteiger partial charge is 0.270 e. The number of amides is 2. The van der Waals surface area contributed by atoms with Crippen LogP contribution in [-0.4, -0.2) is 34.8 Å². The molecule has 1 saturated heterocycles. The Labute approximate surface area is 169 Å². The second kappa shape index (κ2) is 8.34. The van der Waals surface area contributed by atoms with Gasteiger partial charge in [0, 0.05) is 35.9 Å². The largest absolute Gasteiger partial charge is 0.370 e. The molecule has 0 saturated carbocycles. The van der Waals surface area contributed by atoms with Crippen LogP contribution in [0.25, 0.3) is 0 Å². The number of carbonyl (C=O) groups excluding carboxylic acids is 2. The molecule has 3 N–H and O–H groups in total. The van der Waals surface area contributed by atoms with Gasteiger partial charge < -0.3 is 16.0 Å². The average Bonchev–Trinajstić information content (AvgIpc) is 2.69. The lowest BCUT2D eigenvalue weighted by Crippen LogP contribution is -2.41. The number of rotatable bonds is 5. The van der Waals surface area contributed by atoms with Crippen molar-refractivity contribution in [3.05, 3.63) is 56.7 Å². The fourth-order valence-corrected chi connectivity index (χ4v) is 3.43. The van der Waals surface area contributed by atoms with Crippen LogP contribution in [0.4, 0.5) is 17.2 Å². The summed E-state index contributed by atoms with van der Waals surface area (Å²) in [5.74, 6) is -0.764. The van der Waals surface area contributed by atoms with E-state index in [1.807, 2.05) is 4.90 Å². The van der Waals surface area contributed by atoms with Crippen molar-refractivity contribution in [2.24, 2.45) is 11.7 Å². The van der Waals surface area contributed by atoms with Gasteiger partial charge in [0.1, 0.15) is 5.82 Å². The number of carbonyl (C=O) groups is 2. The van der Waals surface area contributed by atoms with Gasteiger partial charge in [-0.2, -0.15) is 0 Å². The number of non-ortho nitro benzene ring substituents is 1. The fourth-order valence-electron chi connectivity index (χ4n) is 3.20. The van der Waals surface area contributed by atoms with E-state index in [2.05, 4.69) is 26.2 Å². The average molecular weight is 448 g/mol. The monoisotopic (exact) mass is 447 g/mol. The summed E-state index contributed by atoms with van der Waals surface area (Å²) in [6, 6.07) is 7.50. The number of nitrogens with one attached hydrogen (secondary N) is 1. The van der Waals surface area contributed by atoms with E-state index in [1.165, 1.54) is 18.2 Å². The van der Waals surface area contributed by atoms with Crippen molar-refractivity contribution in [3.8, 4) is 0 Å². The second-order valence-electron chi connectivity index (χ2n) is 6.46. The van der Waals surface area contributed by atoms with Crippen molar-refractivity contribution in [1.29, 1.82) is 0 Å². The molecular formula is C18H18BrN5O4. The number of nitro benzene ring substituents is 1. The van der Waals surface area contributed by atoms with E-state index in [-0.39, 0.29) is 23.1 Å². The summed E-state index contributed by atoms with van der Waals surface area (Å²) >= 11 is 3.29. The Hall–Kier alpha value is -3.01. The molecule has 28 heavy (non-hydrogen) atoms. The maximum absolute atomic E-state index is 12.6. The zero-order valence-electron chi connectivity index (χ0n) is 14.8. The van der Waals surface area contributed by atoms with E-state index in [1.54, 1.807) is 18.3 Å². The Kier molecular flexibility index (Phi) is 5.88. The minimum Gasteiger partial charge on any atom is -0.370 e. The van der Waals surface area contributed by atoms with Crippen molar-refractivity contribution in [1.82, 2.24) is 4.98 Å². The number of piperidine rings is 1. The predicted octanol–water partition coefficient (Wildman–Crippen LogP) is 2.71. The first-order chi connectivity index (χ1) is 13.3. The zero-order valence-corrected chi connectivity index (χ0v) is 16.4. The molecule has 1 aliphatic heterocycles. The quantitative estimate of drug-likeness (QED) is 0.534. The molecule has 2 amide bonds. The van der Waals surface area contributed by atoms with Crippen LogP contribution in [0.5, 0.6) is 0 Å². The number of aromatic nitrogens is 1. The molecule has 1 aromatic heterocycles. The summed E-state index contributed by atoms with van der Waals surface area (Å²) in [6.07, 6.45) is 3.03. The Morgan fingerprint density at radius 3 is 2.75 bits per heavy atom. The molecule has 1 atom stereocenters. The Morgan fingerprint density at radius 2 is 2.11 bits per heavy atom. The number of nitrogens with zero attached hydrogens (tertiary/aromatic N) is 3. The zero-order chi connectivity index (χ0) is 20.3. The van der Waals surface area contributed by atoms with Crippen LogP contribution < -0.4 is 16.0 Å². The van der Waals surface area contributed by atoms with Crippen molar-refractivity contribution in [2.45, 2.75) is 12.8 Å². The first-order valence-corrected chi connectivity index (χ1v) is 9.40. The topological polar surface area (TPSA) is 131 Å². The van der Waals surface area contributed by atoms with E-state index in [4.69, 9.17) is 5.73 Å². The predicted molar refractivity (Wildman–Crippen MR) is 107 cm³/mol. The fraction of sp³-hybridized carbons (Fsp3) is 0.278. The number of primary amides is 1. The SMILES string of the molecule is NC(=O)c1cc([N+](=O)[O-])ccc1N1CCCC(C(=O)Nc2ccc(Br)cn2)C1. The number of nitrogens with two attached hydrogens (primary N) is 1. The van der Waals surface area contributed by atoms with Gasteiger partial charge >= 0.3 is 0 Å². The Balaban J connectivity index is 1.77. The molecule has 2 aromatic rings. The van der Waals surface area contributed by atoms with Crippen LogP contribution in [0.2, 0.25) is 0 Å². The summed E-state index contributed by atoms with van der Waals surface area (Å²) < 4.78 is 0.812. The number of nitro groups is 1. The summed E-state index contributed by atoms with van der Waals surface area (Å²) in [7, 11) is 0. The van der Waals surface area contributed by atoms with Gasteiger partial charge in [-0.05, 0) is 47.0 Å². The molecule has 10 heteroatoms. The van der Waals surface area contributed by atoms with Gasteiger partial charge in [-0.15, -0.1) is 0 Å². The Morgan fingerprint density at radius 1 is 1.32 bits per heavy atom. The van der Waals surface area contributed by atoms with Crippen LogP contribution in [0.1, 0.15) is 23.2 Å². The number of benzene rings is 1. The highest BCUT2D eigenvalue weighted by molar-refractivity contribution is 9.10. The van der Waals surface area contributed by atoms with E-state index < -0.39 is 10.8 Å². The van der Waals surface area contributed by atoms with Crippen molar-refractivity contribution >= 4 is 44.9 Å². The van der Waals surface area contributed by atoms with E-state index in [0.717, 1.165) is 10.9 Å². The highest BCUT2D eigenvalue weighted by Gasteiger charge is 2.28. The van der Waals surface area contributed by atoms with Crippen LogP contribution in [-0.2, 0) is 4.79 Å². The standard InChI is InChI=1S/C18H18BrN5O4/c19-12-3-6-16(21-9-12)22-18(26)11-2-1-7-23(10-11)15-5-4-13(24(27)28)8-14(15)17(20)25/h3-6,8-9,11H,1-2,7,10H2,(H2,20,25)(H,21,22,26). The molecule has 9 nitrogen and oxygen atoms in total. The highest BCUT2D eigenvalue weighted by atomic mass is 79.9. The van der Waals surface area contributed by atoms with Gasteiger partial charge in [0.05, 0.1) is 22.1 Å². The third-order valence-corrected chi connectivity index (χ3v) is 5.04. The molecule has 1 aromatic carbocycles. The summed E-state index contributed by atoms with van der Waals surface area (Å²) in [5.41, 5.74) is 5.79. The van der Waals surface area contributed by atoms with Gasteiger partial charge in [0.2, 0.25) is 5.91 Å². The van der Waals surface area contributed by atoms with Crippen LogP contribution in [0.15, 0.2) is 41.0 Å². The van der Waals surface area contributed by atoms with Gasteiger partial charge in [0.15, 0.2) is 0 Å². The third kappa shape index (κ3) is 4.45. The molecule has 3 rings (SSSR count). The second-order valence-corrected chi connectivity index (χ2v) is 7.37. The summed E-state index contributed by atoms with van der Waals surface area (Å²) in [6.45, 7) is 0.999. The van der Waals surface area contributed by atoms with Gasteiger partial charge in [-0.25, -0.2) is 4.98 Å². The van der Waals surface area contributed by atoms with Crippen LogP contribution in [0.3, 0.4) is 0 Å². The minimum absolute atomic E-state index is 0.0739. The molecule has 2 heterocycles. The number of hydrogen-bond acceptors (Lipinski definition) is 6. The molecule has 1 unspecified atom stereocenters. The summed E-state index contributed by atoms with van der Waals surface area (Å²) in [4.78, 5) is 40.8. The van der Waals surface area contributed by atoms with E-state index in [0.29, 0.717) is 31.0 Å². The molecule has 1 fully saturated rings. The molecule has 0 spiro atoms. The molecule has 0 aliphatic carbocycles. The normalized spacial score (nSPS) is 16.5. The molecule has 0 bridgehead atoms. The lowest BCUT2D eigenvalue weighted by molar-refractivity contribution is -0.384. The third-order valence-electron chi connectivity index (χ3n) is 4.57. The first kappa shape index (κ1) is 19.7. The Bertz CT molecular complexity index is 919. The first-order valence-electron chi connectivity index (χ1n) is 8.61. The van der Waals surface area contributed by atoms with E-state index >= 15 is 0 Å². The van der Waals surface area contributed by atoms with Gasteiger partial charge in [-0.3, -0.25) is 19.7 Å². The number of pyridine rings is 1. The van der Waals surface area contributed by atoms with Crippen LogP contribution >= 0.6 is 15.9 Å². The summed E-state index contributed by atoms with van der Waals surface area (Å²) in [5, 5.41) is 13.8. The number of halogens is 1.